The van der Waals surface area contributed by atoms with Crippen LogP contribution < -0.4 is 14.5 Å². The normalized spacial score (nSPS) is 16.2. The molecule has 2 aromatic rings. The molecule has 1 heterocycles. The summed E-state index contributed by atoms with van der Waals surface area (Å²) in [4.78, 5) is 28.4. The third kappa shape index (κ3) is 3.52. The van der Waals surface area contributed by atoms with Gasteiger partial charge in [-0.1, -0.05) is 24.3 Å². The van der Waals surface area contributed by atoms with E-state index in [4.69, 9.17) is 10.00 Å². The lowest BCUT2D eigenvalue weighted by molar-refractivity contribution is -0.124. The van der Waals surface area contributed by atoms with E-state index in [2.05, 4.69) is 0 Å². The Morgan fingerprint density at radius 1 is 1.27 bits per heavy atom. The lowest BCUT2D eigenvalue weighted by atomic mass is 10.1. The summed E-state index contributed by atoms with van der Waals surface area (Å²) < 4.78 is 5.20. The molecule has 1 fully saturated rings. The summed E-state index contributed by atoms with van der Waals surface area (Å²) in [5, 5.41) is 9.09. The quantitative estimate of drug-likeness (QED) is 0.778. The lowest BCUT2D eigenvalue weighted by Gasteiger charge is -2.23. The van der Waals surface area contributed by atoms with Gasteiger partial charge in [0, 0.05) is 30.4 Å². The van der Waals surface area contributed by atoms with Crippen LogP contribution in [0.4, 0.5) is 11.4 Å². The number of nitriles is 1. The Bertz CT molecular complexity index is 845. The van der Waals surface area contributed by atoms with E-state index in [0.29, 0.717) is 23.7 Å². The number of hydrogen-bond acceptors (Lipinski definition) is 4. The Labute approximate surface area is 152 Å². The molecular weight excluding hydrogens is 330 g/mol. The van der Waals surface area contributed by atoms with Gasteiger partial charge in [-0.25, -0.2) is 0 Å². The van der Waals surface area contributed by atoms with Crippen molar-refractivity contribution in [3.63, 3.8) is 0 Å². The van der Waals surface area contributed by atoms with E-state index < -0.39 is 5.92 Å². The average Bonchev–Trinajstić information content (AvgIpc) is 3.08. The molecule has 0 saturated carbocycles. The molecule has 1 atom stereocenters. The van der Waals surface area contributed by atoms with Crippen molar-refractivity contribution in [1.29, 1.82) is 5.26 Å². The van der Waals surface area contributed by atoms with Gasteiger partial charge in [0.05, 0.1) is 19.1 Å². The molecule has 2 aromatic carbocycles. The van der Waals surface area contributed by atoms with E-state index >= 15 is 0 Å². The van der Waals surface area contributed by atoms with Crippen LogP contribution in [0, 0.1) is 17.2 Å². The molecule has 1 saturated heterocycles. The second-order valence-corrected chi connectivity index (χ2v) is 6.02. The lowest BCUT2D eigenvalue weighted by Crippen LogP contribution is -2.37. The highest BCUT2D eigenvalue weighted by Crippen LogP contribution is 2.29. The standard InChI is InChI=1S/C20H19N3O3/c1-26-18-9-5-8-17(13-18)23-14-15(12-19(23)24)20(25)22(11-10-21)16-6-3-2-4-7-16/h2-9,13,15H,11-12,14H2,1H3. The van der Waals surface area contributed by atoms with E-state index in [0.717, 1.165) is 0 Å². The molecule has 0 bridgehead atoms. The fraction of sp³-hybridized carbons (Fsp3) is 0.250. The van der Waals surface area contributed by atoms with Crippen LogP contribution in [0.25, 0.3) is 0 Å². The van der Waals surface area contributed by atoms with Crippen molar-refractivity contribution in [2.45, 2.75) is 6.42 Å². The highest BCUT2D eigenvalue weighted by atomic mass is 16.5. The molecule has 26 heavy (non-hydrogen) atoms. The van der Waals surface area contributed by atoms with Crippen LogP contribution in [0.3, 0.4) is 0 Å². The molecule has 1 unspecified atom stereocenters. The smallest absolute Gasteiger partial charge is 0.233 e. The molecule has 0 aliphatic carbocycles. The van der Waals surface area contributed by atoms with Crippen molar-refractivity contribution in [3.8, 4) is 11.8 Å². The molecule has 0 aromatic heterocycles. The summed E-state index contributed by atoms with van der Waals surface area (Å²) in [6.07, 6.45) is 0.130. The summed E-state index contributed by atoms with van der Waals surface area (Å²) in [5.41, 5.74) is 1.36. The predicted molar refractivity (Wildman–Crippen MR) is 97.9 cm³/mol. The van der Waals surface area contributed by atoms with Crippen molar-refractivity contribution >= 4 is 23.2 Å². The molecule has 6 nitrogen and oxygen atoms in total. The molecule has 6 heteroatoms. The number of amides is 2. The molecule has 1 aliphatic rings. The van der Waals surface area contributed by atoms with Crippen molar-refractivity contribution in [2.24, 2.45) is 5.92 Å². The summed E-state index contributed by atoms with van der Waals surface area (Å²) in [6, 6.07) is 18.3. The van der Waals surface area contributed by atoms with Crippen molar-refractivity contribution in [2.75, 3.05) is 30.0 Å². The maximum absolute atomic E-state index is 13.0. The van der Waals surface area contributed by atoms with E-state index in [1.165, 1.54) is 4.90 Å². The van der Waals surface area contributed by atoms with Gasteiger partial charge in [0.15, 0.2) is 0 Å². The van der Waals surface area contributed by atoms with Gasteiger partial charge >= 0.3 is 0 Å². The number of para-hydroxylation sites is 1. The molecular formula is C20H19N3O3. The minimum Gasteiger partial charge on any atom is -0.497 e. The van der Waals surface area contributed by atoms with E-state index in [9.17, 15) is 9.59 Å². The van der Waals surface area contributed by atoms with Gasteiger partial charge in [0.1, 0.15) is 12.3 Å². The van der Waals surface area contributed by atoms with Gasteiger partial charge in [0.2, 0.25) is 11.8 Å². The Balaban J connectivity index is 1.80. The summed E-state index contributed by atoms with van der Waals surface area (Å²) >= 11 is 0. The zero-order valence-electron chi connectivity index (χ0n) is 14.5. The Morgan fingerprint density at radius 3 is 2.73 bits per heavy atom. The molecule has 3 rings (SSSR count). The van der Waals surface area contributed by atoms with Gasteiger partial charge in [-0.15, -0.1) is 0 Å². The van der Waals surface area contributed by atoms with Crippen LogP contribution >= 0.6 is 0 Å². The van der Waals surface area contributed by atoms with Gasteiger partial charge in [-0.05, 0) is 24.3 Å². The number of hydrogen-bond donors (Lipinski definition) is 0. The number of nitrogens with zero attached hydrogens (tertiary/aromatic N) is 3. The minimum absolute atomic E-state index is 0.0489. The van der Waals surface area contributed by atoms with Crippen LogP contribution in [0.2, 0.25) is 0 Å². The van der Waals surface area contributed by atoms with Crippen molar-refractivity contribution in [3.05, 3.63) is 54.6 Å². The second kappa shape index (κ2) is 7.70. The highest BCUT2D eigenvalue weighted by molar-refractivity contribution is 6.04. The van der Waals surface area contributed by atoms with Crippen LogP contribution in [-0.4, -0.2) is 32.0 Å². The topological polar surface area (TPSA) is 73.6 Å². The third-order valence-electron chi connectivity index (χ3n) is 4.40. The molecule has 132 valence electrons. The highest BCUT2D eigenvalue weighted by Gasteiger charge is 2.37. The third-order valence-corrected chi connectivity index (χ3v) is 4.40. The predicted octanol–water partition coefficient (Wildman–Crippen LogP) is 2.60. The molecule has 1 aliphatic heterocycles. The van der Waals surface area contributed by atoms with Crippen molar-refractivity contribution < 1.29 is 14.3 Å². The van der Waals surface area contributed by atoms with E-state index in [1.54, 1.807) is 36.3 Å². The van der Waals surface area contributed by atoms with Crippen LogP contribution in [-0.2, 0) is 9.59 Å². The largest absolute Gasteiger partial charge is 0.497 e. The fourth-order valence-electron chi connectivity index (χ4n) is 3.10. The van der Waals surface area contributed by atoms with E-state index in [1.807, 2.05) is 36.4 Å². The molecule has 0 radical (unpaired) electrons. The number of rotatable bonds is 5. The molecule has 2 amide bonds. The first kappa shape index (κ1) is 17.5. The van der Waals surface area contributed by atoms with Gasteiger partial charge < -0.3 is 9.64 Å². The maximum atomic E-state index is 13.0. The van der Waals surface area contributed by atoms with Crippen molar-refractivity contribution in [1.82, 2.24) is 0 Å². The second-order valence-electron chi connectivity index (χ2n) is 6.02. The fourth-order valence-corrected chi connectivity index (χ4v) is 3.10. The number of methoxy groups -OCH3 is 1. The minimum atomic E-state index is -0.484. The SMILES string of the molecule is COc1cccc(N2CC(C(=O)N(CC#N)c3ccccc3)CC2=O)c1. The maximum Gasteiger partial charge on any atom is 0.233 e. The monoisotopic (exact) mass is 349 g/mol. The summed E-state index contributed by atoms with van der Waals surface area (Å²) in [5.74, 6) is -0.152. The first-order chi connectivity index (χ1) is 12.6. The number of carbonyl (C=O) groups is 2. The van der Waals surface area contributed by atoms with Crippen LogP contribution in [0.5, 0.6) is 5.75 Å². The first-order valence-corrected chi connectivity index (χ1v) is 8.32. The first-order valence-electron chi connectivity index (χ1n) is 8.32. The van der Waals surface area contributed by atoms with Gasteiger partial charge in [-0.2, -0.15) is 5.26 Å². The zero-order chi connectivity index (χ0) is 18.5. The molecule has 0 N–H and O–H groups in total. The number of anilines is 2. The number of carbonyl (C=O) groups excluding carboxylic acids is 2. The number of ether oxygens (including phenoxy) is 1. The Kier molecular flexibility index (Phi) is 5.18. The number of benzene rings is 2. The van der Waals surface area contributed by atoms with E-state index in [-0.39, 0.29) is 24.8 Å². The average molecular weight is 349 g/mol. The van der Waals surface area contributed by atoms with Crippen LogP contribution in [0.15, 0.2) is 54.6 Å². The van der Waals surface area contributed by atoms with Gasteiger partial charge in [-0.3, -0.25) is 14.5 Å². The van der Waals surface area contributed by atoms with Gasteiger partial charge in [0.25, 0.3) is 0 Å². The molecule has 0 spiro atoms. The Hall–Kier alpha value is -3.33. The Morgan fingerprint density at radius 2 is 2.04 bits per heavy atom. The zero-order valence-corrected chi connectivity index (χ0v) is 14.5. The summed E-state index contributed by atoms with van der Waals surface area (Å²) in [7, 11) is 1.57. The van der Waals surface area contributed by atoms with Crippen LogP contribution in [0.1, 0.15) is 6.42 Å². The summed E-state index contributed by atoms with van der Waals surface area (Å²) in [6.45, 7) is 0.242.